The predicted octanol–water partition coefficient (Wildman–Crippen LogP) is 1.96. The molecule has 0 bridgehead atoms. The molecule has 0 spiro atoms. The number of nitrogens with one attached hydrogen (secondary N) is 2. The second kappa shape index (κ2) is 8.56. The van der Waals surface area contributed by atoms with E-state index in [1.165, 1.54) is 0 Å². The van der Waals surface area contributed by atoms with E-state index in [1.54, 1.807) is 18.1 Å². The van der Waals surface area contributed by atoms with Gasteiger partial charge >= 0.3 is 6.03 Å². The Kier molecular flexibility index (Phi) is 5.69. The maximum atomic E-state index is 12.7. The van der Waals surface area contributed by atoms with Gasteiger partial charge in [-0.3, -0.25) is 9.69 Å². The van der Waals surface area contributed by atoms with Crippen LogP contribution in [0.5, 0.6) is 0 Å². The molecule has 2 aromatic rings. The number of benzene rings is 1. The Labute approximate surface area is 175 Å². The molecule has 4 rings (SSSR count). The van der Waals surface area contributed by atoms with Crippen molar-refractivity contribution in [3.05, 3.63) is 42.2 Å². The molecule has 2 aliphatic rings. The van der Waals surface area contributed by atoms with Gasteiger partial charge in [0.05, 0.1) is 6.20 Å². The minimum absolute atomic E-state index is 0.00475. The number of hydrogen-bond acceptors (Lipinski definition) is 6. The van der Waals surface area contributed by atoms with E-state index in [9.17, 15) is 9.59 Å². The van der Waals surface area contributed by atoms with Crippen LogP contribution in [0.15, 0.2) is 36.5 Å². The average Bonchev–Trinajstić information content (AvgIpc) is 3.58. The molecular formula is C21H27N7O2. The minimum Gasteiger partial charge on any atom is -0.365 e. The molecular weight excluding hydrogens is 382 g/mol. The highest BCUT2D eigenvalue weighted by Crippen LogP contribution is 2.27. The van der Waals surface area contributed by atoms with Crippen molar-refractivity contribution in [1.82, 2.24) is 15.3 Å². The van der Waals surface area contributed by atoms with Gasteiger partial charge in [-0.1, -0.05) is 18.2 Å². The highest BCUT2D eigenvalue weighted by atomic mass is 16.2. The molecule has 1 aliphatic carbocycles. The number of carbonyl (C=O) groups excluding carboxylic acids is 2. The van der Waals surface area contributed by atoms with Gasteiger partial charge in [0.1, 0.15) is 5.82 Å². The van der Waals surface area contributed by atoms with E-state index >= 15 is 0 Å². The molecule has 1 aromatic heterocycles. The second-order valence-electron chi connectivity index (χ2n) is 7.84. The fourth-order valence-electron chi connectivity index (χ4n) is 3.58. The molecule has 1 aromatic carbocycles. The third-order valence-electron chi connectivity index (χ3n) is 5.43. The molecule has 2 fully saturated rings. The molecule has 3 amide bonds. The molecule has 9 nitrogen and oxygen atoms in total. The van der Waals surface area contributed by atoms with Gasteiger partial charge in [0.2, 0.25) is 0 Å². The summed E-state index contributed by atoms with van der Waals surface area (Å²) < 4.78 is 0. The first kappa shape index (κ1) is 19.9. The number of carbonyl (C=O) groups is 2. The molecule has 2 heterocycles. The average molecular weight is 409 g/mol. The Bertz CT molecular complexity index is 917. The molecule has 1 unspecified atom stereocenters. The Morgan fingerprint density at radius 1 is 1.17 bits per heavy atom. The summed E-state index contributed by atoms with van der Waals surface area (Å²) in [5.74, 6) is 0.529. The quantitative estimate of drug-likeness (QED) is 0.672. The van der Waals surface area contributed by atoms with Crippen molar-refractivity contribution in [2.45, 2.75) is 37.8 Å². The van der Waals surface area contributed by atoms with Gasteiger partial charge in [-0.05, 0) is 37.8 Å². The largest absolute Gasteiger partial charge is 0.365 e. The molecule has 1 saturated carbocycles. The number of primary amides is 1. The fourth-order valence-corrected chi connectivity index (χ4v) is 3.58. The Hall–Kier alpha value is -3.36. The maximum absolute atomic E-state index is 12.7. The number of anilines is 3. The van der Waals surface area contributed by atoms with Crippen LogP contribution in [0.25, 0.3) is 0 Å². The first-order chi connectivity index (χ1) is 14.5. The lowest BCUT2D eigenvalue weighted by Crippen LogP contribution is -2.51. The van der Waals surface area contributed by atoms with Crippen LogP contribution in [-0.2, 0) is 0 Å². The zero-order chi connectivity index (χ0) is 21.1. The molecule has 30 heavy (non-hydrogen) atoms. The first-order valence-corrected chi connectivity index (χ1v) is 10.3. The highest BCUT2D eigenvalue weighted by molar-refractivity contribution is 5.95. The van der Waals surface area contributed by atoms with Crippen molar-refractivity contribution >= 4 is 29.3 Å². The van der Waals surface area contributed by atoms with E-state index in [0.29, 0.717) is 24.2 Å². The van der Waals surface area contributed by atoms with Crippen LogP contribution in [-0.4, -0.2) is 54.1 Å². The van der Waals surface area contributed by atoms with Crippen LogP contribution in [0.1, 0.15) is 36.2 Å². The lowest BCUT2D eigenvalue weighted by atomic mass is 10.1. The van der Waals surface area contributed by atoms with E-state index < -0.39 is 5.91 Å². The number of amides is 3. The summed E-state index contributed by atoms with van der Waals surface area (Å²) in [4.78, 5) is 36.9. The van der Waals surface area contributed by atoms with Crippen molar-refractivity contribution in [3.63, 3.8) is 0 Å². The Morgan fingerprint density at radius 3 is 2.63 bits per heavy atom. The zero-order valence-corrected chi connectivity index (χ0v) is 17.0. The van der Waals surface area contributed by atoms with Gasteiger partial charge in [-0.25, -0.2) is 14.8 Å². The van der Waals surface area contributed by atoms with Crippen molar-refractivity contribution in [2.24, 2.45) is 5.73 Å². The number of aromatic nitrogens is 2. The molecule has 4 N–H and O–H groups in total. The van der Waals surface area contributed by atoms with Crippen molar-refractivity contribution in [1.29, 1.82) is 0 Å². The van der Waals surface area contributed by atoms with E-state index in [2.05, 4.69) is 25.5 Å². The topological polar surface area (TPSA) is 116 Å². The number of nitrogens with two attached hydrogens (primary N) is 1. The Morgan fingerprint density at radius 2 is 1.93 bits per heavy atom. The van der Waals surface area contributed by atoms with E-state index in [4.69, 9.17) is 5.73 Å². The minimum atomic E-state index is -0.593. The van der Waals surface area contributed by atoms with Gasteiger partial charge in [0.15, 0.2) is 11.5 Å². The summed E-state index contributed by atoms with van der Waals surface area (Å²) in [6.07, 6.45) is 5.50. The van der Waals surface area contributed by atoms with Gasteiger partial charge in [-0.15, -0.1) is 0 Å². The standard InChI is InChI=1S/C21H27N7O2/c1-27(16-7-3-2-4-8-16)21(30)25-15-6-5-11-28(13-15)17-12-23-18(19(22)29)20(26-17)24-14-9-10-14/h2-4,7-8,12,14-15H,5-6,9-11,13H2,1H3,(H2,22,29)(H,24,26)(H,25,30). The fraction of sp³-hybridized carbons (Fsp3) is 0.429. The van der Waals surface area contributed by atoms with Crippen LogP contribution in [0.3, 0.4) is 0 Å². The maximum Gasteiger partial charge on any atom is 0.321 e. The number of urea groups is 1. The second-order valence-corrected chi connectivity index (χ2v) is 7.84. The predicted molar refractivity (Wildman–Crippen MR) is 116 cm³/mol. The highest BCUT2D eigenvalue weighted by Gasteiger charge is 2.27. The van der Waals surface area contributed by atoms with Crippen molar-refractivity contribution < 1.29 is 9.59 Å². The van der Waals surface area contributed by atoms with Crippen LogP contribution < -0.4 is 26.2 Å². The number of para-hydroxylation sites is 1. The van der Waals surface area contributed by atoms with Crippen LogP contribution >= 0.6 is 0 Å². The summed E-state index contributed by atoms with van der Waals surface area (Å²) in [6, 6.07) is 9.72. The summed E-state index contributed by atoms with van der Waals surface area (Å²) >= 11 is 0. The summed E-state index contributed by atoms with van der Waals surface area (Å²) in [5, 5.41) is 6.35. The van der Waals surface area contributed by atoms with Crippen LogP contribution in [0.2, 0.25) is 0 Å². The molecule has 9 heteroatoms. The molecule has 1 saturated heterocycles. The lowest BCUT2D eigenvalue weighted by Gasteiger charge is -2.34. The SMILES string of the molecule is CN(C(=O)NC1CCCN(c2cnc(C(N)=O)c(NC3CC3)n2)C1)c1ccccc1. The van der Waals surface area contributed by atoms with Crippen molar-refractivity contribution in [3.8, 4) is 0 Å². The smallest absolute Gasteiger partial charge is 0.321 e. The number of rotatable bonds is 6. The first-order valence-electron chi connectivity index (χ1n) is 10.3. The normalized spacial score (nSPS) is 18.6. The van der Waals surface area contributed by atoms with Gasteiger partial charge < -0.3 is 21.3 Å². The number of piperidine rings is 1. The van der Waals surface area contributed by atoms with Gasteiger partial charge in [0, 0.05) is 37.9 Å². The summed E-state index contributed by atoms with van der Waals surface area (Å²) in [5.41, 5.74) is 6.45. The van der Waals surface area contributed by atoms with E-state index in [0.717, 1.165) is 37.9 Å². The monoisotopic (exact) mass is 409 g/mol. The molecule has 1 atom stereocenters. The van der Waals surface area contributed by atoms with Gasteiger partial charge in [0.25, 0.3) is 5.91 Å². The van der Waals surface area contributed by atoms with Crippen LogP contribution in [0.4, 0.5) is 22.1 Å². The summed E-state index contributed by atoms with van der Waals surface area (Å²) in [6.45, 7) is 1.44. The van der Waals surface area contributed by atoms with Crippen molar-refractivity contribution in [2.75, 3.05) is 35.3 Å². The number of hydrogen-bond donors (Lipinski definition) is 3. The summed E-state index contributed by atoms with van der Waals surface area (Å²) in [7, 11) is 1.76. The molecule has 1 aliphatic heterocycles. The number of nitrogens with zero attached hydrogens (tertiary/aromatic N) is 4. The van der Waals surface area contributed by atoms with E-state index in [-0.39, 0.29) is 17.8 Å². The third kappa shape index (κ3) is 4.61. The Balaban J connectivity index is 1.43. The third-order valence-corrected chi connectivity index (χ3v) is 5.43. The molecule has 158 valence electrons. The van der Waals surface area contributed by atoms with Gasteiger partial charge in [-0.2, -0.15) is 0 Å². The lowest BCUT2D eigenvalue weighted by molar-refractivity contribution is 0.0996. The zero-order valence-electron chi connectivity index (χ0n) is 17.0. The molecule has 0 radical (unpaired) electrons. The van der Waals surface area contributed by atoms with Crippen LogP contribution in [0, 0.1) is 0 Å². The van der Waals surface area contributed by atoms with E-state index in [1.807, 2.05) is 30.3 Å².